The van der Waals surface area contributed by atoms with Crippen LogP contribution in [0.1, 0.15) is 11.1 Å². The SMILES string of the molecule is Cc1cccc2[nH]c3c(N4CCN(Cc5ccc6c(c5)OCO6)CC4)ncnc3c12. The van der Waals surface area contributed by atoms with Crippen molar-refractivity contribution < 1.29 is 9.47 Å². The van der Waals surface area contributed by atoms with Crippen molar-refractivity contribution in [1.29, 1.82) is 0 Å². The van der Waals surface area contributed by atoms with E-state index in [0.717, 1.165) is 66.6 Å². The third kappa shape index (κ3) is 2.85. The molecular weight excluding hydrogens is 378 g/mol. The minimum atomic E-state index is 0.318. The number of nitrogens with zero attached hydrogens (tertiary/aromatic N) is 4. The number of piperazine rings is 1. The van der Waals surface area contributed by atoms with Gasteiger partial charge in [-0.1, -0.05) is 18.2 Å². The van der Waals surface area contributed by atoms with Crippen molar-refractivity contribution in [3.05, 3.63) is 53.9 Å². The first kappa shape index (κ1) is 17.5. The van der Waals surface area contributed by atoms with Crippen LogP contribution in [0.2, 0.25) is 0 Å². The number of anilines is 1. The highest BCUT2D eigenvalue weighted by Crippen LogP contribution is 2.34. The molecule has 152 valence electrons. The highest BCUT2D eigenvalue weighted by Gasteiger charge is 2.22. The molecule has 0 spiro atoms. The summed E-state index contributed by atoms with van der Waals surface area (Å²) in [5, 5.41) is 1.19. The molecule has 0 amide bonds. The maximum atomic E-state index is 5.51. The van der Waals surface area contributed by atoms with E-state index >= 15 is 0 Å². The van der Waals surface area contributed by atoms with E-state index in [9.17, 15) is 0 Å². The fourth-order valence-electron chi connectivity index (χ4n) is 4.56. The van der Waals surface area contributed by atoms with Crippen molar-refractivity contribution in [3.8, 4) is 11.5 Å². The average molecular weight is 401 g/mol. The summed E-state index contributed by atoms with van der Waals surface area (Å²) >= 11 is 0. The van der Waals surface area contributed by atoms with E-state index < -0.39 is 0 Å². The number of aromatic amines is 1. The van der Waals surface area contributed by atoms with E-state index in [2.05, 4.69) is 62.0 Å². The largest absolute Gasteiger partial charge is 0.454 e. The van der Waals surface area contributed by atoms with Gasteiger partial charge in [-0.3, -0.25) is 4.90 Å². The van der Waals surface area contributed by atoms with E-state index in [0.29, 0.717) is 6.79 Å². The molecular formula is C23H23N5O2. The molecule has 2 aliphatic heterocycles. The van der Waals surface area contributed by atoms with Gasteiger partial charge in [0, 0.05) is 43.6 Å². The van der Waals surface area contributed by atoms with E-state index in [1.165, 1.54) is 16.5 Å². The highest BCUT2D eigenvalue weighted by atomic mass is 16.7. The summed E-state index contributed by atoms with van der Waals surface area (Å²) in [5.41, 5.74) is 5.65. The van der Waals surface area contributed by atoms with Crippen molar-refractivity contribution in [2.75, 3.05) is 37.9 Å². The maximum absolute atomic E-state index is 5.51. The molecule has 7 nitrogen and oxygen atoms in total. The Hall–Kier alpha value is -3.32. The first-order valence-corrected chi connectivity index (χ1v) is 10.3. The highest BCUT2D eigenvalue weighted by molar-refractivity contribution is 6.09. The molecule has 0 saturated carbocycles. The molecule has 1 saturated heterocycles. The van der Waals surface area contributed by atoms with Crippen LogP contribution in [0, 0.1) is 6.92 Å². The molecule has 0 atom stereocenters. The summed E-state index contributed by atoms with van der Waals surface area (Å²) in [6.45, 7) is 7.20. The van der Waals surface area contributed by atoms with Gasteiger partial charge in [-0.15, -0.1) is 0 Å². The fourth-order valence-corrected chi connectivity index (χ4v) is 4.56. The molecule has 4 heterocycles. The number of fused-ring (bicyclic) bond motifs is 4. The van der Waals surface area contributed by atoms with Crippen LogP contribution in [0.25, 0.3) is 21.9 Å². The number of nitrogens with one attached hydrogen (secondary N) is 1. The van der Waals surface area contributed by atoms with E-state index in [1.54, 1.807) is 6.33 Å². The molecule has 0 aliphatic carbocycles. The van der Waals surface area contributed by atoms with Crippen molar-refractivity contribution in [1.82, 2.24) is 19.9 Å². The van der Waals surface area contributed by atoms with Crippen LogP contribution in [0.15, 0.2) is 42.7 Å². The minimum Gasteiger partial charge on any atom is -0.454 e. The van der Waals surface area contributed by atoms with Crippen molar-refractivity contribution >= 4 is 27.8 Å². The van der Waals surface area contributed by atoms with E-state index in [-0.39, 0.29) is 0 Å². The number of hydrogen-bond acceptors (Lipinski definition) is 6. The molecule has 0 bridgehead atoms. The fraction of sp³-hybridized carbons (Fsp3) is 0.304. The van der Waals surface area contributed by atoms with Crippen LogP contribution in [-0.4, -0.2) is 52.8 Å². The van der Waals surface area contributed by atoms with Crippen molar-refractivity contribution in [3.63, 3.8) is 0 Å². The third-order valence-electron chi connectivity index (χ3n) is 6.11. The second kappa shape index (κ2) is 6.88. The lowest BCUT2D eigenvalue weighted by Gasteiger charge is -2.35. The standard InChI is InChI=1S/C23H23N5O2/c1-15-3-2-4-17-20(15)21-22(26-17)23(25-13-24-21)28-9-7-27(8-10-28)12-16-5-6-18-19(11-16)30-14-29-18/h2-6,11,13,26H,7-10,12,14H2,1H3. The summed E-state index contributed by atoms with van der Waals surface area (Å²) in [7, 11) is 0. The monoisotopic (exact) mass is 401 g/mol. The van der Waals surface area contributed by atoms with Gasteiger partial charge in [-0.25, -0.2) is 9.97 Å². The Labute approximate surface area is 174 Å². The van der Waals surface area contributed by atoms with Gasteiger partial charge in [0.2, 0.25) is 6.79 Å². The lowest BCUT2D eigenvalue weighted by molar-refractivity contribution is 0.174. The zero-order valence-electron chi connectivity index (χ0n) is 16.9. The van der Waals surface area contributed by atoms with Gasteiger partial charge in [0.1, 0.15) is 17.4 Å². The van der Waals surface area contributed by atoms with Crippen LogP contribution in [0.4, 0.5) is 5.82 Å². The molecule has 0 radical (unpaired) electrons. The van der Waals surface area contributed by atoms with Gasteiger partial charge in [0.05, 0.1) is 0 Å². The average Bonchev–Trinajstić information content (AvgIpc) is 3.38. The second-order valence-electron chi connectivity index (χ2n) is 7.99. The number of hydrogen-bond donors (Lipinski definition) is 1. The molecule has 2 aromatic carbocycles. The molecule has 1 N–H and O–H groups in total. The van der Waals surface area contributed by atoms with E-state index in [4.69, 9.17) is 9.47 Å². The number of aromatic nitrogens is 3. The van der Waals surface area contributed by atoms with Gasteiger partial charge in [-0.05, 0) is 36.2 Å². The normalized spacial score (nSPS) is 16.6. The first-order valence-electron chi connectivity index (χ1n) is 10.3. The van der Waals surface area contributed by atoms with Crippen LogP contribution in [-0.2, 0) is 6.54 Å². The maximum Gasteiger partial charge on any atom is 0.231 e. The predicted molar refractivity (Wildman–Crippen MR) is 116 cm³/mol. The Morgan fingerprint density at radius 2 is 1.87 bits per heavy atom. The number of H-pyrrole nitrogens is 1. The number of aryl methyl sites for hydroxylation is 1. The van der Waals surface area contributed by atoms with Crippen LogP contribution in [0.5, 0.6) is 11.5 Å². The van der Waals surface area contributed by atoms with Gasteiger partial charge in [0.15, 0.2) is 17.3 Å². The number of benzene rings is 2. The van der Waals surface area contributed by atoms with Gasteiger partial charge >= 0.3 is 0 Å². The van der Waals surface area contributed by atoms with Gasteiger partial charge in [0.25, 0.3) is 0 Å². The van der Waals surface area contributed by atoms with Crippen LogP contribution >= 0.6 is 0 Å². The van der Waals surface area contributed by atoms with Crippen LogP contribution < -0.4 is 14.4 Å². The summed E-state index contributed by atoms with van der Waals surface area (Å²) in [5.74, 6) is 2.69. The zero-order chi connectivity index (χ0) is 20.1. The molecule has 6 rings (SSSR count). The minimum absolute atomic E-state index is 0.318. The number of ether oxygens (including phenoxy) is 2. The Morgan fingerprint density at radius 1 is 1.00 bits per heavy atom. The van der Waals surface area contributed by atoms with E-state index in [1.807, 2.05) is 6.07 Å². The molecule has 4 aromatic rings. The predicted octanol–water partition coefficient (Wildman–Crippen LogP) is 3.47. The molecule has 2 aromatic heterocycles. The quantitative estimate of drug-likeness (QED) is 0.567. The summed E-state index contributed by atoms with van der Waals surface area (Å²) in [6, 6.07) is 12.5. The molecule has 0 unspecified atom stereocenters. The van der Waals surface area contributed by atoms with Crippen molar-refractivity contribution in [2.45, 2.75) is 13.5 Å². The Morgan fingerprint density at radius 3 is 2.77 bits per heavy atom. The zero-order valence-corrected chi connectivity index (χ0v) is 16.9. The summed E-state index contributed by atoms with van der Waals surface area (Å²) in [4.78, 5) is 17.6. The molecule has 2 aliphatic rings. The van der Waals surface area contributed by atoms with Gasteiger partial charge < -0.3 is 19.4 Å². The molecule has 30 heavy (non-hydrogen) atoms. The van der Waals surface area contributed by atoms with Gasteiger partial charge in [-0.2, -0.15) is 0 Å². The smallest absolute Gasteiger partial charge is 0.231 e. The second-order valence-corrected chi connectivity index (χ2v) is 7.99. The Balaban J connectivity index is 1.22. The molecule has 1 fully saturated rings. The molecule has 7 heteroatoms. The number of rotatable bonds is 3. The summed E-state index contributed by atoms with van der Waals surface area (Å²) in [6.07, 6.45) is 1.69. The summed E-state index contributed by atoms with van der Waals surface area (Å²) < 4.78 is 10.9. The Kier molecular flexibility index (Phi) is 4.02. The topological polar surface area (TPSA) is 66.5 Å². The Bertz CT molecular complexity index is 1240. The lowest BCUT2D eigenvalue weighted by atomic mass is 10.1. The lowest BCUT2D eigenvalue weighted by Crippen LogP contribution is -2.46. The van der Waals surface area contributed by atoms with Crippen LogP contribution in [0.3, 0.4) is 0 Å². The first-order chi connectivity index (χ1) is 14.8. The van der Waals surface area contributed by atoms with Crippen molar-refractivity contribution in [2.24, 2.45) is 0 Å². The third-order valence-corrected chi connectivity index (χ3v) is 6.11.